The lowest BCUT2D eigenvalue weighted by atomic mass is 10.1. The van der Waals surface area contributed by atoms with Crippen molar-refractivity contribution < 1.29 is 33.1 Å². The molecule has 0 aliphatic carbocycles. The third kappa shape index (κ3) is 5.39. The zero-order valence-corrected chi connectivity index (χ0v) is 20.2. The maximum atomic E-state index is 15.0. The van der Waals surface area contributed by atoms with Crippen molar-refractivity contribution in [3.05, 3.63) is 64.2 Å². The van der Waals surface area contributed by atoms with Gasteiger partial charge in [-0.1, -0.05) is 6.07 Å². The molecule has 1 saturated heterocycles. The number of pyridine rings is 1. The summed E-state index contributed by atoms with van der Waals surface area (Å²) < 4.78 is 33.0. The van der Waals surface area contributed by atoms with Crippen molar-refractivity contribution in [2.45, 2.75) is 32.3 Å². The van der Waals surface area contributed by atoms with Gasteiger partial charge in [0, 0.05) is 23.7 Å². The molecule has 0 spiro atoms. The molecule has 14 heteroatoms. The number of hydrogen-bond donors (Lipinski definition) is 1. The molecule has 2 unspecified atom stereocenters. The minimum absolute atomic E-state index is 0.180. The monoisotopic (exact) mass is 526 g/mol. The molecule has 2 amide bonds. The number of carbonyl (C=O) groups excluding carboxylic acids is 2. The van der Waals surface area contributed by atoms with Crippen LogP contribution in [-0.4, -0.2) is 63.4 Å². The summed E-state index contributed by atoms with van der Waals surface area (Å²) in [5.74, 6) is -1.07. The lowest BCUT2D eigenvalue weighted by Gasteiger charge is -2.22. The molecular weight excluding hydrogens is 503 g/mol. The van der Waals surface area contributed by atoms with Crippen molar-refractivity contribution >= 4 is 23.5 Å². The van der Waals surface area contributed by atoms with E-state index < -0.39 is 22.9 Å². The molecular formula is C24H23FN6O7. The molecule has 0 saturated carbocycles. The van der Waals surface area contributed by atoms with Gasteiger partial charge in [-0.3, -0.25) is 19.2 Å². The Morgan fingerprint density at radius 1 is 1.32 bits per heavy atom. The number of cyclic esters (lactones) is 1. The SMILES string of the molecule is CC(=O)NCC1CN(c2ccc(-c3ccc(COC4COc5nc([N+](=O)[O-])cn5C4)cn3)c(F)c2)C(=O)O1. The number of carbonyl (C=O) groups is 2. The Labute approximate surface area is 215 Å². The van der Waals surface area contributed by atoms with E-state index in [-0.39, 0.29) is 55.7 Å². The number of halogens is 1. The number of imidazole rings is 1. The average Bonchev–Trinajstić information content (AvgIpc) is 3.49. The lowest BCUT2D eigenvalue weighted by molar-refractivity contribution is -0.389. The van der Waals surface area contributed by atoms with E-state index in [0.29, 0.717) is 17.9 Å². The molecule has 1 aromatic carbocycles. The summed E-state index contributed by atoms with van der Waals surface area (Å²) in [7, 11) is 0. The number of hydrogen-bond acceptors (Lipinski definition) is 9. The van der Waals surface area contributed by atoms with Crippen LogP contribution in [0.5, 0.6) is 6.01 Å². The van der Waals surface area contributed by atoms with Gasteiger partial charge in [0.1, 0.15) is 30.8 Å². The van der Waals surface area contributed by atoms with E-state index in [0.717, 1.165) is 5.56 Å². The highest BCUT2D eigenvalue weighted by Gasteiger charge is 2.33. The molecule has 2 aliphatic rings. The van der Waals surface area contributed by atoms with E-state index in [1.165, 1.54) is 28.7 Å². The van der Waals surface area contributed by atoms with Crippen molar-refractivity contribution in [3.8, 4) is 17.3 Å². The van der Waals surface area contributed by atoms with Crippen LogP contribution in [0.2, 0.25) is 0 Å². The summed E-state index contributed by atoms with van der Waals surface area (Å²) in [4.78, 5) is 43.0. The van der Waals surface area contributed by atoms with Crippen molar-refractivity contribution in [2.24, 2.45) is 0 Å². The Hall–Kier alpha value is -4.59. The number of ether oxygens (including phenoxy) is 3. The fraction of sp³-hybridized carbons (Fsp3) is 0.333. The molecule has 13 nitrogen and oxygen atoms in total. The first-order chi connectivity index (χ1) is 18.3. The van der Waals surface area contributed by atoms with Gasteiger partial charge in [0.2, 0.25) is 5.91 Å². The summed E-state index contributed by atoms with van der Waals surface area (Å²) in [6.07, 6.45) is 1.41. The van der Waals surface area contributed by atoms with E-state index in [1.807, 2.05) is 0 Å². The van der Waals surface area contributed by atoms with E-state index in [2.05, 4.69) is 15.3 Å². The van der Waals surface area contributed by atoms with Crippen LogP contribution in [0.15, 0.2) is 42.7 Å². The second-order valence-corrected chi connectivity index (χ2v) is 8.80. The highest BCUT2D eigenvalue weighted by Crippen LogP contribution is 2.29. The first-order valence-electron chi connectivity index (χ1n) is 11.7. The third-order valence-electron chi connectivity index (χ3n) is 6.02. The predicted molar refractivity (Wildman–Crippen MR) is 129 cm³/mol. The number of nitrogens with zero attached hydrogens (tertiary/aromatic N) is 5. The maximum absolute atomic E-state index is 15.0. The number of fused-ring (bicyclic) bond motifs is 1. The molecule has 0 radical (unpaired) electrons. The molecule has 1 N–H and O–H groups in total. The topological polar surface area (TPSA) is 151 Å². The van der Waals surface area contributed by atoms with Crippen LogP contribution in [0.3, 0.4) is 0 Å². The largest absolute Gasteiger partial charge is 0.443 e. The molecule has 4 heterocycles. The van der Waals surface area contributed by atoms with Crippen LogP contribution >= 0.6 is 0 Å². The van der Waals surface area contributed by atoms with Crippen molar-refractivity contribution in [1.29, 1.82) is 0 Å². The number of anilines is 1. The van der Waals surface area contributed by atoms with Crippen molar-refractivity contribution in [1.82, 2.24) is 19.9 Å². The van der Waals surface area contributed by atoms with Crippen LogP contribution in [0.25, 0.3) is 11.3 Å². The van der Waals surface area contributed by atoms with Gasteiger partial charge >= 0.3 is 17.9 Å². The molecule has 0 bridgehead atoms. The molecule has 2 aromatic heterocycles. The van der Waals surface area contributed by atoms with E-state index >= 15 is 0 Å². The molecule has 38 heavy (non-hydrogen) atoms. The fourth-order valence-electron chi connectivity index (χ4n) is 4.12. The van der Waals surface area contributed by atoms with E-state index in [9.17, 15) is 24.1 Å². The lowest BCUT2D eigenvalue weighted by Crippen LogP contribution is -2.33. The highest BCUT2D eigenvalue weighted by atomic mass is 19.1. The molecule has 2 aliphatic heterocycles. The van der Waals surface area contributed by atoms with Crippen LogP contribution < -0.4 is 15.0 Å². The van der Waals surface area contributed by atoms with E-state index in [1.54, 1.807) is 30.5 Å². The first-order valence-corrected chi connectivity index (χ1v) is 11.7. The predicted octanol–water partition coefficient (Wildman–Crippen LogP) is 2.43. The number of benzene rings is 1. The Bertz CT molecular complexity index is 1380. The summed E-state index contributed by atoms with van der Waals surface area (Å²) in [6.45, 7) is 2.52. The average molecular weight is 526 g/mol. The number of rotatable bonds is 8. The zero-order valence-electron chi connectivity index (χ0n) is 20.2. The number of nitrogens with one attached hydrogen (secondary N) is 1. The number of amides is 2. The minimum Gasteiger partial charge on any atom is -0.443 e. The molecule has 1 fully saturated rings. The third-order valence-corrected chi connectivity index (χ3v) is 6.02. The van der Waals surface area contributed by atoms with Gasteiger partial charge in [-0.15, -0.1) is 0 Å². The minimum atomic E-state index is -0.610. The second kappa shape index (κ2) is 10.4. The number of nitro groups is 1. The van der Waals surface area contributed by atoms with Gasteiger partial charge < -0.3 is 29.6 Å². The van der Waals surface area contributed by atoms with E-state index in [4.69, 9.17) is 14.2 Å². The Morgan fingerprint density at radius 2 is 2.16 bits per heavy atom. The van der Waals surface area contributed by atoms with Gasteiger partial charge in [-0.25, -0.2) is 9.18 Å². The van der Waals surface area contributed by atoms with Crippen molar-refractivity contribution in [3.63, 3.8) is 0 Å². The Kier molecular flexibility index (Phi) is 6.87. The maximum Gasteiger partial charge on any atom is 0.414 e. The molecule has 5 rings (SSSR count). The van der Waals surface area contributed by atoms with Crippen LogP contribution in [0, 0.1) is 15.9 Å². The summed E-state index contributed by atoms with van der Waals surface area (Å²) in [6, 6.07) is 8.00. The van der Waals surface area contributed by atoms with Gasteiger partial charge in [0.05, 0.1) is 37.6 Å². The normalized spacial score (nSPS) is 18.5. The van der Waals surface area contributed by atoms with Crippen LogP contribution in [0.4, 0.5) is 20.7 Å². The Morgan fingerprint density at radius 3 is 2.87 bits per heavy atom. The zero-order chi connectivity index (χ0) is 26.8. The van der Waals surface area contributed by atoms with Gasteiger partial charge in [0.25, 0.3) is 0 Å². The van der Waals surface area contributed by atoms with Crippen LogP contribution in [-0.2, 0) is 27.4 Å². The van der Waals surface area contributed by atoms with Gasteiger partial charge in [0.15, 0.2) is 0 Å². The molecule has 198 valence electrons. The van der Waals surface area contributed by atoms with Gasteiger partial charge in [-0.05, 0) is 34.8 Å². The standard InChI is InChI=1S/C24H23FN6O7/c1-14(32)26-8-17-10-30(24(33)38-17)16-3-4-19(20(25)6-16)21-5-2-15(7-27-21)12-36-18-9-29-11-22(31(34)35)28-23(29)37-13-18/h2-7,11,17-18H,8-10,12-13H2,1H3,(H,26,32). The molecule has 3 aromatic rings. The number of aromatic nitrogens is 3. The quantitative estimate of drug-likeness (QED) is 0.345. The van der Waals surface area contributed by atoms with Crippen molar-refractivity contribution in [2.75, 3.05) is 24.6 Å². The smallest absolute Gasteiger partial charge is 0.414 e. The van der Waals surface area contributed by atoms with Crippen LogP contribution in [0.1, 0.15) is 12.5 Å². The molecule has 2 atom stereocenters. The summed E-state index contributed by atoms with van der Waals surface area (Å²) in [5.41, 5.74) is 1.76. The fourth-order valence-corrected chi connectivity index (χ4v) is 4.12. The summed E-state index contributed by atoms with van der Waals surface area (Å²) in [5, 5.41) is 13.5. The highest BCUT2D eigenvalue weighted by molar-refractivity contribution is 5.90. The second-order valence-electron chi connectivity index (χ2n) is 8.80. The first kappa shape index (κ1) is 25.1. The Balaban J connectivity index is 1.18. The van der Waals surface area contributed by atoms with Gasteiger partial charge in [-0.2, -0.15) is 0 Å². The summed E-state index contributed by atoms with van der Waals surface area (Å²) >= 11 is 0.